The van der Waals surface area contributed by atoms with Crippen molar-refractivity contribution in [1.29, 1.82) is 0 Å². The fraction of sp³-hybridized carbons (Fsp3) is 0.571. The SMILES string of the molecule is C=C([O-])CCCC[CH2+]. The molecule has 0 aliphatic carbocycles. The largest absolute Gasteiger partial charge is 0.876 e. The van der Waals surface area contributed by atoms with Crippen LogP contribution in [0.1, 0.15) is 25.7 Å². The van der Waals surface area contributed by atoms with Gasteiger partial charge in [0, 0.05) is 0 Å². The first kappa shape index (κ1) is 7.41. The summed E-state index contributed by atoms with van der Waals surface area (Å²) in [7, 11) is 0. The molecule has 0 aliphatic heterocycles. The predicted molar refractivity (Wildman–Crippen MR) is 33.0 cm³/mol. The normalized spacial score (nSPS) is 9.00. The van der Waals surface area contributed by atoms with Crippen molar-refractivity contribution in [2.24, 2.45) is 0 Å². The summed E-state index contributed by atoms with van der Waals surface area (Å²) in [6, 6.07) is 0. The van der Waals surface area contributed by atoms with Crippen LogP contribution in [0.15, 0.2) is 12.3 Å². The van der Waals surface area contributed by atoms with Crippen LogP contribution in [0.3, 0.4) is 0 Å². The third-order valence-electron chi connectivity index (χ3n) is 0.956. The first-order valence-corrected chi connectivity index (χ1v) is 2.91. The molecule has 46 valence electrons. The number of unbranched alkanes of at least 4 members (excludes halogenated alkanes) is 2. The second-order valence-corrected chi connectivity index (χ2v) is 1.85. The Kier molecular flexibility index (Phi) is 4.23. The van der Waals surface area contributed by atoms with Gasteiger partial charge in [-0.25, -0.2) is 0 Å². The van der Waals surface area contributed by atoms with Crippen molar-refractivity contribution in [2.75, 3.05) is 0 Å². The minimum Gasteiger partial charge on any atom is -0.876 e. The Labute approximate surface area is 51.0 Å². The Morgan fingerprint density at radius 2 is 2.12 bits per heavy atom. The number of hydrogen-bond acceptors (Lipinski definition) is 1. The molecule has 0 bridgehead atoms. The highest BCUT2D eigenvalue weighted by Crippen LogP contribution is 2.00. The second kappa shape index (κ2) is 4.57. The summed E-state index contributed by atoms with van der Waals surface area (Å²) < 4.78 is 0. The molecular formula is C7H12O. The zero-order valence-electron chi connectivity index (χ0n) is 5.15. The third kappa shape index (κ3) is 5.41. The van der Waals surface area contributed by atoms with Gasteiger partial charge in [-0.05, 0) is 19.3 Å². The zero-order valence-corrected chi connectivity index (χ0v) is 5.15. The minimum absolute atomic E-state index is 0.0402. The minimum atomic E-state index is 0.0402. The average molecular weight is 112 g/mol. The molecule has 0 radical (unpaired) electrons. The number of allylic oxidation sites excluding steroid dienone is 1. The molecule has 1 heteroatoms. The molecular weight excluding hydrogens is 100 g/mol. The molecule has 0 aliphatic rings. The highest BCUT2D eigenvalue weighted by Gasteiger charge is 1.84. The summed E-state index contributed by atoms with van der Waals surface area (Å²) in [6.45, 7) is 6.90. The van der Waals surface area contributed by atoms with E-state index in [1.165, 1.54) is 0 Å². The Hall–Kier alpha value is -0.590. The maximum Gasteiger partial charge on any atom is 0.0850 e. The molecule has 8 heavy (non-hydrogen) atoms. The molecule has 0 N–H and O–H groups in total. The lowest BCUT2D eigenvalue weighted by Gasteiger charge is -2.05. The van der Waals surface area contributed by atoms with Gasteiger partial charge in [-0.15, -0.1) is 12.3 Å². The molecule has 0 unspecified atom stereocenters. The van der Waals surface area contributed by atoms with Crippen molar-refractivity contribution in [3.8, 4) is 0 Å². The lowest BCUT2D eigenvalue weighted by atomic mass is 10.2. The van der Waals surface area contributed by atoms with Crippen molar-refractivity contribution < 1.29 is 5.11 Å². The molecule has 0 fully saturated rings. The molecule has 0 amide bonds. The summed E-state index contributed by atoms with van der Waals surface area (Å²) in [5, 5.41) is 10.2. The maximum absolute atomic E-state index is 10.2. The van der Waals surface area contributed by atoms with E-state index in [1.807, 2.05) is 0 Å². The summed E-state index contributed by atoms with van der Waals surface area (Å²) >= 11 is 0. The van der Waals surface area contributed by atoms with Gasteiger partial charge in [-0.2, -0.15) is 0 Å². The van der Waals surface area contributed by atoms with Gasteiger partial charge in [0.15, 0.2) is 0 Å². The van der Waals surface area contributed by atoms with Crippen LogP contribution in [-0.2, 0) is 0 Å². The Morgan fingerprint density at radius 3 is 2.50 bits per heavy atom. The zero-order chi connectivity index (χ0) is 6.41. The average Bonchev–Trinajstić information content (AvgIpc) is 1.66. The van der Waals surface area contributed by atoms with Crippen LogP contribution >= 0.6 is 0 Å². The fourth-order valence-electron chi connectivity index (χ4n) is 0.499. The maximum atomic E-state index is 10.2. The van der Waals surface area contributed by atoms with Crippen LogP contribution in [0.4, 0.5) is 0 Å². The van der Waals surface area contributed by atoms with Gasteiger partial charge in [0.2, 0.25) is 0 Å². The van der Waals surface area contributed by atoms with E-state index in [-0.39, 0.29) is 5.76 Å². The molecule has 0 aromatic rings. The Balaban J connectivity index is 2.82. The molecule has 0 saturated heterocycles. The highest BCUT2D eigenvalue weighted by atomic mass is 16.3. The molecule has 0 heterocycles. The van der Waals surface area contributed by atoms with Gasteiger partial charge < -0.3 is 5.11 Å². The highest BCUT2D eigenvalue weighted by molar-refractivity contribution is 4.75. The Bertz CT molecular complexity index is 66.8. The standard InChI is InChI=1S/C7H12O/c1-3-4-5-6-7(2)8/h1-6H2. The summed E-state index contributed by atoms with van der Waals surface area (Å²) in [6.07, 6.45) is 3.54. The van der Waals surface area contributed by atoms with E-state index in [1.54, 1.807) is 0 Å². The quantitative estimate of drug-likeness (QED) is 0.305. The van der Waals surface area contributed by atoms with Crippen LogP contribution in [0, 0.1) is 6.92 Å². The first-order chi connectivity index (χ1) is 3.77. The lowest BCUT2D eigenvalue weighted by Crippen LogP contribution is -2.00. The number of hydrogen-bond donors (Lipinski definition) is 0. The van der Waals surface area contributed by atoms with Crippen LogP contribution in [-0.4, -0.2) is 0 Å². The molecule has 0 aromatic heterocycles. The molecule has 1 nitrogen and oxygen atoms in total. The van der Waals surface area contributed by atoms with E-state index in [4.69, 9.17) is 0 Å². The molecule has 0 atom stereocenters. The molecule has 0 spiro atoms. The fourth-order valence-corrected chi connectivity index (χ4v) is 0.499. The van der Waals surface area contributed by atoms with E-state index in [0.29, 0.717) is 6.42 Å². The van der Waals surface area contributed by atoms with Crippen molar-refractivity contribution in [1.82, 2.24) is 0 Å². The van der Waals surface area contributed by atoms with E-state index in [2.05, 4.69) is 13.5 Å². The van der Waals surface area contributed by atoms with Gasteiger partial charge in [-0.1, -0.05) is 0 Å². The summed E-state index contributed by atoms with van der Waals surface area (Å²) in [5.74, 6) is 0.0402. The lowest BCUT2D eigenvalue weighted by molar-refractivity contribution is -0.306. The van der Waals surface area contributed by atoms with Crippen LogP contribution in [0.25, 0.3) is 0 Å². The van der Waals surface area contributed by atoms with E-state index >= 15 is 0 Å². The first-order valence-electron chi connectivity index (χ1n) is 2.91. The molecule has 0 aromatic carbocycles. The topological polar surface area (TPSA) is 23.1 Å². The van der Waals surface area contributed by atoms with Gasteiger partial charge in [0.1, 0.15) is 0 Å². The van der Waals surface area contributed by atoms with Crippen molar-refractivity contribution in [2.45, 2.75) is 25.7 Å². The smallest absolute Gasteiger partial charge is 0.0850 e. The van der Waals surface area contributed by atoms with Crippen molar-refractivity contribution in [3.63, 3.8) is 0 Å². The molecule has 0 saturated carbocycles. The number of rotatable bonds is 4. The van der Waals surface area contributed by atoms with E-state index in [9.17, 15) is 5.11 Å². The summed E-state index contributed by atoms with van der Waals surface area (Å²) in [4.78, 5) is 0. The van der Waals surface area contributed by atoms with Gasteiger partial charge in [0.25, 0.3) is 0 Å². The van der Waals surface area contributed by atoms with E-state index < -0.39 is 0 Å². The van der Waals surface area contributed by atoms with Gasteiger partial charge in [-0.3, -0.25) is 0 Å². The molecule has 0 rings (SSSR count). The van der Waals surface area contributed by atoms with Crippen LogP contribution in [0.2, 0.25) is 0 Å². The van der Waals surface area contributed by atoms with Gasteiger partial charge in [0.05, 0.1) is 13.3 Å². The van der Waals surface area contributed by atoms with E-state index in [0.717, 1.165) is 19.3 Å². The monoisotopic (exact) mass is 112 g/mol. The van der Waals surface area contributed by atoms with Crippen LogP contribution < -0.4 is 5.11 Å². The third-order valence-corrected chi connectivity index (χ3v) is 0.956. The van der Waals surface area contributed by atoms with Crippen molar-refractivity contribution in [3.05, 3.63) is 19.3 Å². The van der Waals surface area contributed by atoms with Crippen LogP contribution in [0.5, 0.6) is 0 Å². The van der Waals surface area contributed by atoms with Gasteiger partial charge >= 0.3 is 0 Å². The Morgan fingerprint density at radius 1 is 1.50 bits per heavy atom. The second-order valence-electron chi connectivity index (χ2n) is 1.85. The predicted octanol–water partition coefficient (Wildman–Crippen LogP) is 1.25. The van der Waals surface area contributed by atoms with Crippen molar-refractivity contribution >= 4 is 0 Å². The summed E-state index contributed by atoms with van der Waals surface area (Å²) in [5.41, 5.74) is 0.